The summed E-state index contributed by atoms with van der Waals surface area (Å²) in [5, 5.41) is 9.94. The number of methoxy groups -OCH3 is 1. The lowest BCUT2D eigenvalue weighted by atomic mass is 10.0. The van der Waals surface area contributed by atoms with E-state index in [1.165, 1.54) is 6.20 Å². The van der Waals surface area contributed by atoms with E-state index in [0.29, 0.717) is 76.3 Å². The van der Waals surface area contributed by atoms with Gasteiger partial charge >= 0.3 is 0 Å². The van der Waals surface area contributed by atoms with E-state index in [2.05, 4.69) is 48.8 Å². The predicted molar refractivity (Wildman–Crippen MR) is 232 cm³/mol. The highest BCUT2D eigenvalue weighted by atomic mass is 35.5. The van der Waals surface area contributed by atoms with Gasteiger partial charge in [0.05, 0.1) is 31.3 Å². The Morgan fingerprint density at radius 3 is 2.54 bits per heavy atom. The molecule has 16 heteroatoms. The van der Waals surface area contributed by atoms with Crippen molar-refractivity contribution < 1.29 is 28.4 Å². The molecule has 4 heterocycles. The van der Waals surface area contributed by atoms with Crippen LogP contribution in [0, 0.1) is 0 Å². The number of fused-ring (bicyclic) bond motifs is 1. The minimum atomic E-state index is -2.55. The molecule has 0 spiro atoms. The van der Waals surface area contributed by atoms with E-state index in [9.17, 15) is 18.9 Å². The van der Waals surface area contributed by atoms with Crippen LogP contribution in [0.2, 0.25) is 5.02 Å². The molecule has 4 aromatic rings. The molecular weight excluding hydrogens is 791 g/mol. The van der Waals surface area contributed by atoms with E-state index < -0.39 is 13.2 Å². The number of anilines is 5. The molecule has 1 unspecified atom stereocenters. The molecule has 0 aliphatic carbocycles. The summed E-state index contributed by atoms with van der Waals surface area (Å²) in [5.74, 6) is 3.44. The molecule has 3 aromatic carbocycles. The fourth-order valence-electron chi connectivity index (χ4n) is 8.03. The Morgan fingerprint density at radius 1 is 1.00 bits per heavy atom. The number of imide groups is 1. The van der Waals surface area contributed by atoms with E-state index >= 15 is 0 Å². The van der Waals surface area contributed by atoms with Crippen molar-refractivity contribution in [2.24, 2.45) is 0 Å². The molecule has 0 radical (unpaired) electrons. The smallest absolute Gasteiger partial charge is 0.249 e. The number of nitrogens with one attached hydrogen (secondary N) is 3. The number of rotatable bonds is 15. The topological polar surface area (TPSA) is 158 Å². The van der Waals surface area contributed by atoms with Gasteiger partial charge in [-0.15, -0.1) is 0 Å². The number of amides is 2. The zero-order valence-electron chi connectivity index (χ0n) is 33.8. The molecule has 1 aromatic heterocycles. The van der Waals surface area contributed by atoms with Crippen LogP contribution in [-0.2, 0) is 25.5 Å². The summed E-state index contributed by atoms with van der Waals surface area (Å²) in [6.07, 6.45) is 6.03. The fraction of sp³-hybridized carbons (Fsp3) is 0.395. The second-order valence-electron chi connectivity index (χ2n) is 15.5. The molecule has 2 fully saturated rings. The lowest BCUT2D eigenvalue weighted by Gasteiger charge is -2.38. The fourth-order valence-corrected chi connectivity index (χ4v) is 9.33. The molecule has 0 bridgehead atoms. The molecule has 3 aliphatic heterocycles. The summed E-state index contributed by atoms with van der Waals surface area (Å²) in [6, 6.07) is 19.0. The normalized spacial score (nSPS) is 17.1. The number of carbonyl (C=O) groups is 2. The average molecular weight is 841 g/mol. The van der Waals surface area contributed by atoms with Crippen LogP contribution in [-0.4, -0.2) is 103 Å². The predicted octanol–water partition coefficient (Wildman–Crippen LogP) is 6.43. The molecule has 59 heavy (non-hydrogen) atoms. The van der Waals surface area contributed by atoms with Gasteiger partial charge in [0, 0.05) is 60.3 Å². The maximum absolute atomic E-state index is 12.9. The lowest BCUT2D eigenvalue weighted by Crippen LogP contribution is -2.50. The van der Waals surface area contributed by atoms with Crippen molar-refractivity contribution in [2.75, 3.05) is 69.3 Å². The monoisotopic (exact) mass is 840 g/mol. The lowest BCUT2D eigenvalue weighted by molar-refractivity contribution is -0.136. The Labute approximate surface area is 349 Å². The SMILES string of the molecule is COc1cc(N2CCC(N(C)CCCCOc3cccc4c3CN(C3CCC(=O)NC3=O)C4=C=O)CC2)ccc1Nc1ncc(Cl)c(Nc2ccccc2P(C)(C)=O)n1. The molecule has 310 valence electrons. The zero-order chi connectivity index (χ0) is 41.7. The number of hydrogen-bond donors (Lipinski definition) is 3. The molecule has 0 saturated carbocycles. The van der Waals surface area contributed by atoms with Crippen molar-refractivity contribution >= 4 is 76.3 Å². The van der Waals surface area contributed by atoms with E-state index in [-0.39, 0.29) is 18.2 Å². The largest absolute Gasteiger partial charge is 0.494 e. The Morgan fingerprint density at radius 2 is 1.80 bits per heavy atom. The van der Waals surface area contributed by atoms with Crippen LogP contribution >= 0.6 is 18.7 Å². The second kappa shape index (κ2) is 18.3. The summed E-state index contributed by atoms with van der Waals surface area (Å²) >= 11 is 6.47. The van der Waals surface area contributed by atoms with E-state index in [4.69, 9.17) is 21.1 Å². The van der Waals surface area contributed by atoms with Gasteiger partial charge in [-0.1, -0.05) is 35.9 Å². The number of piperidine rings is 2. The van der Waals surface area contributed by atoms with E-state index in [1.807, 2.05) is 60.5 Å². The quantitative estimate of drug-likeness (QED) is 0.0522. The van der Waals surface area contributed by atoms with Crippen molar-refractivity contribution in [1.82, 2.24) is 25.1 Å². The highest BCUT2D eigenvalue weighted by molar-refractivity contribution is 7.70. The minimum absolute atomic E-state index is 0.236. The number of halogens is 1. The molecule has 7 rings (SSSR count). The van der Waals surface area contributed by atoms with Crippen LogP contribution in [0.15, 0.2) is 66.9 Å². The summed E-state index contributed by atoms with van der Waals surface area (Å²) in [5.41, 5.74) is 4.39. The first-order valence-electron chi connectivity index (χ1n) is 19.9. The van der Waals surface area contributed by atoms with E-state index in [0.717, 1.165) is 62.1 Å². The maximum atomic E-state index is 12.9. The molecule has 3 aliphatic rings. The van der Waals surface area contributed by atoms with Crippen molar-refractivity contribution in [3.63, 3.8) is 0 Å². The van der Waals surface area contributed by atoms with Crippen molar-refractivity contribution in [2.45, 2.75) is 57.2 Å². The second-order valence-corrected chi connectivity index (χ2v) is 19.1. The highest BCUT2D eigenvalue weighted by Gasteiger charge is 2.39. The molecule has 2 amide bonds. The summed E-state index contributed by atoms with van der Waals surface area (Å²) in [7, 11) is 1.28. The third-order valence-corrected chi connectivity index (χ3v) is 13.0. The van der Waals surface area contributed by atoms with Crippen LogP contribution in [0.3, 0.4) is 0 Å². The van der Waals surface area contributed by atoms with Crippen LogP contribution in [0.5, 0.6) is 11.5 Å². The first-order valence-corrected chi connectivity index (χ1v) is 22.9. The Balaban J connectivity index is 0.879. The van der Waals surface area contributed by atoms with Crippen LogP contribution in [0.25, 0.3) is 5.70 Å². The maximum Gasteiger partial charge on any atom is 0.249 e. The summed E-state index contributed by atoms with van der Waals surface area (Å²) in [4.78, 5) is 51.8. The third kappa shape index (κ3) is 9.58. The van der Waals surface area contributed by atoms with Crippen molar-refractivity contribution in [3.05, 3.63) is 83.0 Å². The van der Waals surface area contributed by atoms with Gasteiger partial charge in [0.1, 0.15) is 35.4 Å². The van der Waals surface area contributed by atoms with Gasteiger partial charge in [-0.2, -0.15) is 4.98 Å². The molecule has 1 atom stereocenters. The van der Waals surface area contributed by atoms with Crippen molar-refractivity contribution in [1.29, 1.82) is 0 Å². The molecule has 2 saturated heterocycles. The third-order valence-electron chi connectivity index (χ3n) is 11.2. The summed E-state index contributed by atoms with van der Waals surface area (Å²) in [6.45, 7) is 7.13. The molecule has 3 N–H and O–H groups in total. The van der Waals surface area contributed by atoms with E-state index in [1.54, 1.807) is 25.3 Å². The van der Waals surface area contributed by atoms with Crippen LogP contribution < -0.4 is 35.6 Å². The number of para-hydroxylation sites is 1. The van der Waals surface area contributed by atoms with Gasteiger partial charge in [-0.25, -0.2) is 9.78 Å². The number of ether oxygens (including phenoxy) is 2. The number of unbranched alkanes of at least 4 members (excludes halogenated alkanes) is 1. The number of aromatic nitrogens is 2. The number of hydrogen-bond acceptors (Lipinski definition) is 13. The Bertz CT molecular complexity index is 2310. The zero-order valence-corrected chi connectivity index (χ0v) is 35.4. The number of carbonyl (C=O) groups excluding carboxylic acids is 3. The average Bonchev–Trinajstić information content (AvgIpc) is 3.61. The number of benzene rings is 3. The van der Waals surface area contributed by atoms with Gasteiger partial charge in [0.15, 0.2) is 11.8 Å². The summed E-state index contributed by atoms with van der Waals surface area (Å²) < 4.78 is 24.9. The van der Waals surface area contributed by atoms with Gasteiger partial charge in [-0.3, -0.25) is 14.9 Å². The number of nitrogens with zero attached hydrogens (tertiary/aromatic N) is 5. The van der Waals surface area contributed by atoms with Gasteiger partial charge in [0.25, 0.3) is 0 Å². The van der Waals surface area contributed by atoms with Crippen molar-refractivity contribution in [3.8, 4) is 11.5 Å². The molecular formula is C43H50ClN8O6P. The molecule has 14 nitrogen and oxygen atoms in total. The standard InChI is InChI=1S/C43H50ClN8O6P/c1-50(20-7-8-23-58-37-12-9-10-30-31(37)26-52(36(30)27-53)35-16-17-40(54)48-42(35)55)28-18-21-51(22-19-28)29-14-15-33(38(24-29)57-2)47-43-45-25-32(44)41(49-43)46-34-11-5-6-13-39(34)59(3,4)56/h5-6,9-15,24-25,28,35H,7-8,16-23,26H2,1-4H3,(H,48,54,55)(H2,45,46,47,49). The van der Waals surface area contributed by atoms with Gasteiger partial charge in [0.2, 0.25) is 17.8 Å². The van der Waals surface area contributed by atoms with Crippen LogP contribution in [0.4, 0.5) is 28.8 Å². The van der Waals surface area contributed by atoms with Crippen LogP contribution in [0.1, 0.15) is 49.7 Å². The first kappa shape index (κ1) is 41.8. The van der Waals surface area contributed by atoms with Gasteiger partial charge < -0.3 is 39.4 Å². The Kier molecular flexibility index (Phi) is 12.9. The van der Waals surface area contributed by atoms with Gasteiger partial charge in [-0.05, 0) is 89.4 Å². The minimum Gasteiger partial charge on any atom is -0.494 e. The Hall–Kier alpha value is -5.39. The highest BCUT2D eigenvalue weighted by Crippen LogP contribution is 2.41. The first-order chi connectivity index (χ1) is 28.4.